The van der Waals surface area contributed by atoms with Crippen LogP contribution in [-0.2, 0) is 9.59 Å². The molecule has 4 heteroatoms. The van der Waals surface area contributed by atoms with Gasteiger partial charge in [0.25, 0.3) is 5.91 Å². The average Bonchev–Trinajstić information content (AvgIpc) is 2.64. The predicted molar refractivity (Wildman–Crippen MR) is 72.5 cm³/mol. The summed E-state index contributed by atoms with van der Waals surface area (Å²) in [6.07, 6.45) is 2.20. The summed E-state index contributed by atoms with van der Waals surface area (Å²) >= 11 is 5.86. The van der Waals surface area contributed by atoms with Crippen LogP contribution in [0.5, 0.6) is 0 Å². The largest absolute Gasteiger partial charge is 0.321 e. The monoisotopic (exact) mass is 263 g/mol. The van der Waals surface area contributed by atoms with Crippen molar-refractivity contribution >= 4 is 34.6 Å². The van der Waals surface area contributed by atoms with E-state index in [1.165, 1.54) is 6.08 Å². The van der Waals surface area contributed by atoms with Gasteiger partial charge in [0.05, 0.1) is 11.3 Å². The van der Waals surface area contributed by atoms with Crippen LogP contribution < -0.4 is 5.32 Å². The summed E-state index contributed by atoms with van der Waals surface area (Å²) in [7, 11) is 0. The Balaban J connectivity index is 2.39. The number of halogens is 1. The van der Waals surface area contributed by atoms with Gasteiger partial charge in [-0.3, -0.25) is 9.59 Å². The van der Waals surface area contributed by atoms with Gasteiger partial charge in [0.15, 0.2) is 5.78 Å². The summed E-state index contributed by atoms with van der Waals surface area (Å²) in [5.74, 6) is -0.337. The number of ketones is 1. The van der Waals surface area contributed by atoms with E-state index in [1.54, 1.807) is 18.2 Å². The lowest BCUT2D eigenvalue weighted by molar-refractivity contribution is -0.118. The molecule has 0 aromatic heterocycles. The van der Waals surface area contributed by atoms with Crippen molar-refractivity contribution in [3.8, 4) is 0 Å². The Labute approximate surface area is 111 Å². The van der Waals surface area contributed by atoms with E-state index >= 15 is 0 Å². The zero-order chi connectivity index (χ0) is 13.3. The Morgan fingerprint density at radius 2 is 2.22 bits per heavy atom. The number of allylic oxidation sites excluding steroid dienone is 1. The van der Waals surface area contributed by atoms with Gasteiger partial charge in [-0.15, -0.1) is 0 Å². The molecule has 0 saturated carbocycles. The Hall–Kier alpha value is -1.61. The van der Waals surface area contributed by atoms with Crippen molar-refractivity contribution < 1.29 is 9.59 Å². The second-order valence-electron chi connectivity index (χ2n) is 4.41. The van der Waals surface area contributed by atoms with Crippen LogP contribution >= 0.6 is 11.6 Å². The summed E-state index contributed by atoms with van der Waals surface area (Å²) < 4.78 is 0. The summed E-state index contributed by atoms with van der Waals surface area (Å²) in [5.41, 5.74) is 1.82. The van der Waals surface area contributed by atoms with Crippen LogP contribution in [0.25, 0.3) is 5.57 Å². The molecule has 1 aliphatic rings. The van der Waals surface area contributed by atoms with Crippen molar-refractivity contribution in [2.45, 2.75) is 20.3 Å². The van der Waals surface area contributed by atoms with E-state index in [4.69, 9.17) is 11.6 Å². The fraction of sp³-hybridized carbons (Fsp3) is 0.286. The lowest BCUT2D eigenvalue weighted by Gasteiger charge is -2.03. The van der Waals surface area contributed by atoms with Gasteiger partial charge in [0, 0.05) is 16.5 Å². The normalized spacial score (nSPS) is 17.5. The molecule has 1 aromatic rings. The smallest absolute Gasteiger partial charge is 0.256 e. The van der Waals surface area contributed by atoms with E-state index in [0.717, 1.165) is 12.0 Å². The van der Waals surface area contributed by atoms with Crippen molar-refractivity contribution in [3.05, 3.63) is 34.9 Å². The van der Waals surface area contributed by atoms with Gasteiger partial charge in [-0.25, -0.2) is 0 Å². The SMILES string of the molecule is CCC(C)C(=O)C=C1C(=O)Nc2cc(Cl)ccc21. The molecular formula is C14H14ClNO2. The third kappa shape index (κ3) is 2.31. The van der Waals surface area contributed by atoms with Crippen LogP contribution in [0.15, 0.2) is 24.3 Å². The molecule has 0 saturated heterocycles. The highest BCUT2D eigenvalue weighted by molar-refractivity contribution is 6.36. The third-order valence-corrected chi connectivity index (χ3v) is 3.38. The molecular weight excluding hydrogens is 250 g/mol. The highest BCUT2D eigenvalue weighted by atomic mass is 35.5. The Kier molecular flexibility index (Phi) is 3.53. The third-order valence-electron chi connectivity index (χ3n) is 3.15. The number of hydrogen-bond donors (Lipinski definition) is 1. The predicted octanol–water partition coefficient (Wildman–Crippen LogP) is 3.29. The van der Waals surface area contributed by atoms with Crippen molar-refractivity contribution in [2.75, 3.05) is 5.32 Å². The zero-order valence-corrected chi connectivity index (χ0v) is 11.0. The van der Waals surface area contributed by atoms with Gasteiger partial charge in [0.2, 0.25) is 0 Å². The number of hydrogen-bond acceptors (Lipinski definition) is 2. The molecule has 0 bridgehead atoms. The number of carbonyl (C=O) groups is 2. The van der Waals surface area contributed by atoms with Crippen LogP contribution in [0.3, 0.4) is 0 Å². The standard InChI is InChI=1S/C14H14ClNO2/c1-3-8(2)13(17)7-11-10-5-4-9(15)6-12(10)16-14(11)18/h4-8H,3H2,1-2H3,(H,16,18). The summed E-state index contributed by atoms with van der Waals surface area (Å²) in [5, 5.41) is 3.27. The quantitative estimate of drug-likeness (QED) is 0.851. The second-order valence-corrected chi connectivity index (χ2v) is 4.85. The lowest BCUT2D eigenvalue weighted by atomic mass is 9.99. The van der Waals surface area contributed by atoms with Gasteiger partial charge in [-0.2, -0.15) is 0 Å². The first-order chi connectivity index (χ1) is 8.52. The van der Waals surface area contributed by atoms with Crippen LogP contribution in [-0.4, -0.2) is 11.7 Å². The van der Waals surface area contributed by atoms with Gasteiger partial charge < -0.3 is 5.32 Å². The van der Waals surface area contributed by atoms with Gasteiger partial charge in [0.1, 0.15) is 0 Å². The molecule has 0 radical (unpaired) electrons. The second kappa shape index (κ2) is 4.94. The average molecular weight is 264 g/mol. The molecule has 0 fully saturated rings. The van der Waals surface area contributed by atoms with Crippen molar-refractivity contribution in [2.24, 2.45) is 5.92 Å². The summed E-state index contributed by atoms with van der Waals surface area (Å²) in [4.78, 5) is 23.7. The van der Waals surface area contributed by atoms with E-state index in [1.807, 2.05) is 13.8 Å². The first-order valence-corrected chi connectivity index (χ1v) is 6.27. The maximum absolute atomic E-state index is 11.9. The lowest BCUT2D eigenvalue weighted by Crippen LogP contribution is -2.10. The number of anilines is 1. The molecule has 1 aromatic carbocycles. The van der Waals surface area contributed by atoms with E-state index in [-0.39, 0.29) is 17.6 Å². The number of rotatable bonds is 3. The molecule has 1 heterocycles. The first-order valence-electron chi connectivity index (χ1n) is 5.89. The fourth-order valence-electron chi connectivity index (χ4n) is 1.80. The van der Waals surface area contributed by atoms with Crippen LogP contribution in [0.1, 0.15) is 25.8 Å². The Morgan fingerprint density at radius 1 is 1.50 bits per heavy atom. The van der Waals surface area contributed by atoms with Gasteiger partial charge in [-0.05, 0) is 24.6 Å². The van der Waals surface area contributed by atoms with Crippen molar-refractivity contribution in [1.29, 1.82) is 0 Å². The van der Waals surface area contributed by atoms with Gasteiger partial charge in [-0.1, -0.05) is 31.5 Å². The van der Waals surface area contributed by atoms with Gasteiger partial charge >= 0.3 is 0 Å². The molecule has 1 aliphatic heterocycles. The van der Waals surface area contributed by atoms with E-state index in [2.05, 4.69) is 5.32 Å². The van der Waals surface area contributed by atoms with E-state index < -0.39 is 0 Å². The molecule has 1 atom stereocenters. The molecule has 1 amide bonds. The fourth-order valence-corrected chi connectivity index (χ4v) is 1.97. The van der Waals surface area contributed by atoms with Crippen molar-refractivity contribution in [1.82, 2.24) is 0 Å². The van der Waals surface area contributed by atoms with Crippen LogP contribution in [0.4, 0.5) is 5.69 Å². The first kappa shape index (κ1) is 12.8. The highest BCUT2D eigenvalue weighted by Gasteiger charge is 2.25. The van der Waals surface area contributed by atoms with E-state index in [0.29, 0.717) is 16.3 Å². The molecule has 18 heavy (non-hydrogen) atoms. The molecule has 2 rings (SSSR count). The number of fused-ring (bicyclic) bond motifs is 1. The molecule has 0 aliphatic carbocycles. The maximum atomic E-state index is 11.9. The molecule has 0 spiro atoms. The number of carbonyl (C=O) groups excluding carboxylic acids is 2. The Bertz CT molecular complexity index is 549. The Morgan fingerprint density at radius 3 is 2.89 bits per heavy atom. The minimum Gasteiger partial charge on any atom is -0.321 e. The van der Waals surface area contributed by atoms with Crippen LogP contribution in [0.2, 0.25) is 5.02 Å². The topological polar surface area (TPSA) is 46.2 Å². The van der Waals surface area contributed by atoms with Crippen LogP contribution in [0, 0.1) is 5.92 Å². The minimum atomic E-state index is -0.246. The maximum Gasteiger partial charge on any atom is 0.256 e. The minimum absolute atomic E-state index is 0.0227. The number of amides is 1. The molecule has 1 N–H and O–H groups in total. The van der Waals surface area contributed by atoms with Crippen molar-refractivity contribution in [3.63, 3.8) is 0 Å². The zero-order valence-electron chi connectivity index (χ0n) is 10.3. The number of nitrogens with one attached hydrogen (secondary N) is 1. The molecule has 94 valence electrons. The summed E-state index contributed by atoms with van der Waals surface area (Å²) in [6, 6.07) is 5.15. The molecule has 3 nitrogen and oxygen atoms in total. The molecule has 1 unspecified atom stereocenters. The number of benzene rings is 1. The van der Waals surface area contributed by atoms with E-state index in [9.17, 15) is 9.59 Å². The highest BCUT2D eigenvalue weighted by Crippen LogP contribution is 2.33. The summed E-state index contributed by atoms with van der Waals surface area (Å²) in [6.45, 7) is 3.80.